The van der Waals surface area contributed by atoms with Crippen LogP contribution in [0.3, 0.4) is 0 Å². The van der Waals surface area contributed by atoms with E-state index in [9.17, 15) is 18.0 Å². The first-order valence-electron chi connectivity index (χ1n) is 13.2. The molecule has 0 aromatic heterocycles. The Balaban J connectivity index is 1.27. The van der Waals surface area contributed by atoms with E-state index in [1.54, 1.807) is 12.1 Å². The number of nitrogens with two attached hydrogens (primary N) is 1. The maximum atomic E-state index is 13.2. The van der Waals surface area contributed by atoms with Gasteiger partial charge in [-0.1, -0.05) is 27.2 Å². The van der Waals surface area contributed by atoms with Gasteiger partial charge in [0.15, 0.2) is 14.6 Å². The molecule has 4 rings (SSSR count). The standard InChI is InChI=1S/C27H40N2O6S/c1-4-19(2)27-11-10-20(27)18-25(27,3)24(31)29-14-5-15-35-21-6-8-22(9-7-21)36(32,33)26(23(28)30)12-16-34-17-13-26/h6-9,19-20H,4-5,10-18H2,1-3H3,(H2,28,30)(H,29,31). The Morgan fingerprint density at radius 1 is 1.19 bits per heavy atom. The van der Waals surface area contributed by atoms with E-state index in [1.807, 2.05) is 0 Å². The Morgan fingerprint density at radius 3 is 2.39 bits per heavy atom. The number of carbonyl (C=O) groups is 2. The second-order valence-electron chi connectivity index (χ2n) is 11.0. The zero-order valence-corrected chi connectivity index (χ0v) is 22.5. The Bertz CT molecular complexity index is 1080. The lowest BCUT2D eigenvalue weighted by atomic mass is 9.32. The van der Waals surface area contributed by atoms with Crippen molar-refractivity contribution in [3.05, 3.63) is 24.3 Å². The smallest absolute Gasteiger partial charge is 0.239 e. The highest BCUT2D eigenvalue weighted by Crippen LogP contribution is 2.74. The summed E-state index contributed by atoms with van der Waals surface area (Å²) in [6.45, 7) is 7.93. The highest BCUT2D eigenvalue weighted by atomic mass is 32.2. The van der Waals surface area contributed by atoms with Gasteiger partial charge in [0, 0.05) is 19.8 Å². The number of rotatable bonds is 11. The minimum atomic E-state index is -3.96. The topological polar surface area (TPSA) is 125 Å². The molecule has 3 fully saturated rings. The van der Waals surface area contributed by atoms with Gasteiger partial charge in [0.1, 0.15) is 5.75 Å². The molecule has 200 valence electrons. The van der Waals surface area contributed by atoms with Crippen LogP contribution >= 0.6 is 0 Å². The summed E-state index contributed by atoms with van der Waals surface area (Å²) >= 11 is 0. The Morgan fingerprint density at radius 2 is 1.86 bits per heavy atom. The van der Waals surface area contributed by atoms with Crippen molar-refractivity contribution in [1.29, 1.82) is 0 Å². The molecule has 1 aromatic carbocycles. The van der Waals surface area contributed by atoms with Crippen LogP contribution in [0, 0.1) is 22.7 Å². The minimum Gasteiger partial charge on any atom is -0.494 e. The molecule has 0 radical (unpaired) electrons. The van der Waals surface area contributed by atoms with E-state index < -0.39 is 20.5 Å². The SMILES string of the molecule is CCC(C)C12CCC1CC2(C)C(=O)NCCCOc1ccc(S(=O)(=O)C2(C(N)=O)CCOCC2)cc1. The highest BCUT2D eigenvalue weighted by molar-refractivity contribution is 7.93. The predicted octanol–water partition coefficient (Wildman–Crippen LogP) is 3.23. The summed E-state index contributed by atoms with van der Waals surface area (Å²) in [7, 11) is -3.96. The van der Waals surface area contributed by atoms with Crippen molar-refractivity contribution in [2.75, 3.05) is 26.4 Å². The van der Waals surface area contributed by atoms with Crippen molar-refractivity contribution in [3.8, 4) is 5.75 Å². The van der Waals surface area contributed by atoms with Crippen molar-refractivity contribution in [2.45, 2.75) is 75.4 Å². The van der Waals surface area contributed by atoms with E-state index >= 15 is 0 Å². The fraction of sp³-hybridized carbons (Fsp3) is 0.704. The summed E-state index contributed by atoms with van der Waals surface area (Å²) in [6.07, 6.45) is 5.23. The Labute approximate surface area is 214 Å². The maximum absolute atomic E-state index is 13.2. The third-order valence-electron chi connectivity index (χ3n) is 9.58. The Hall–Kier alpha value is -2.13. The zero-order valence-electron chi connectivity index (χ0n) is 21.7. The maximum Gasteiger partial charge on any atom is 0.239 e. The molecule has 2 saturated carbocycles. The molecular weight excluding hydrogens is 480 g/mol. The van der Waals surface area contributed by atoms with Gasteiger partial charge < -0.3 is 20.5 Å². The van der Waals surface area contributed by atoms with Crippen LogP contribution in [0.15, 0.2) is 29.2 Å². The lowest BCUT2D eigenvalue weighted by molar-refractivity contribution is -0.234. The molecule has 3 N–H and O–H groups in total. The van der Waals surface area contributed by atoms with Crippen LogP contribution in [0.4, 0.5) is 0 Å². The second-order valence-corrected chi connectivity index (χ2v) is 13.3. The molecule has 2 aliphatic carbocycles. The predicted molar refractivity (Wildman–Crippen MR) is 136 cm³/mol. The lowest BCUT2D eigenvalue weighted by Gasteiger charge is -2.72. The van der Waals surface area contributed by atoms with Crippen LogP contribution in [0.5, 0.6) is 5.75 Å². The van der Waals surface area contributed by atoms with Crippen molar-refractivity contribution < 1.29 is 27.5 Å². The number of hydrogen-bond donors (Lipinski definition) is 2. The molecule has 0 spiro atoms. The summed E-state index contributed by atoms with van der Waals surface area (Å²) in [5, 5.41) is 3.13. The van der Waals surface area contributed by atoms with E-state index in [1.165, 1.54) is 18.6 Å². The van der Waals surface area contributed by atoms with Crippen molar-refractivity contribution >= 4 is 21.7 Å². The van der Waals surface area contributed by atoms with Crippen LogP contribution in [-0.4, -0.2) is 51.3 Å². The number of carbonyl (C=O) groups excluding carboxylic acids is 2. The first-order chi connectivity index (χ1) is 17.0. The van der Waals surface area contributed by atoms with Crippen molar-refractivity contribution in [1.82, 2.24) is 5.32 Å². The van der Waals surface area contributed by atoms with E-state index in [0.717, 1.165) is 19.3 Å². The average Bonchev–Trinajstić information content (AvgIpc) is 2.87. The van der Waals surface area contributed by atoms with Crippen LogP contribution in [0.25, 0.3) is 0 Å². The fourth-order valence-electron chi connectivity index (χ4n) is 7.03. The summed E-state index contributed by atoms with van der Waals surface area (Å²) in [5.74, 6) is 1.10. The monoisotopic (exact) mass is 520 g/mol. The molecule has 3 aliphatic rings. The van der Waals surface area contributed by atoms with Gasteiger partial charge in [0.05, 0.1) is 16.9 Å². The van der Waals surface area contributed by atoms with Crippen molar-refractivity contribution in [3.63, 3.8) is 0 Å². The van der Waals surface area contributed by atoms with Gasteiger partial charge in [-0.3, -0.25) is 9.59 Å². The third-order valence-corrected chi connectivity index (χ3v) is 12.1. The minimum absolute atomic E-state index is 0.0427. The summed E-state index contributed by atoms with van der Waals surface area (Å²) in [4.78, 5) is 25.3. The molecule has 0 bridgehead atoms. The Kier molecular flexibility index (Phi) is 7.45. The number of nitrogens with one attached hydrogen (secondary N) is 1. The third kappa shape index (κ3) is 4.02. The van der Waals surface area contributed by atoms with Gasteiger partial charge in [-0.05, 0) is 80.0 Å². The van der Waals surface area contributed by atoms with Gasteiger partial charge in [0.25, 0.3) is 0 Å². The summed E-state index contributed by atoms with van der Waals surface area (Å²) in [5.41, 5.74) is 5.42. The number of benzene rings is 1. The second kappa shape index (κ2) is 9.97. The number of ether oxygens (including phenoxy) is 2. The van der Waals surface area contributed by atoms with E-state index in [4.69, 9.17) is 15.2 Å². The molecule has 2 amide bonds. The molecule has 1 aromatic rings. The lowest BCUT2D eigenvalue weighted by Crippen LogP contribution is -2.70. The first kappa shape index (κ1) is 26.9. The molecule has 1 aliphatic heterocycles. The normalized spacial score (nSPS) is 29.7. The van der Waals surface area contributed by atoms with E-state index in [0.29, 0.717) is 37.2 Å². The number of sulfone groups is 1. The number of fused-ring (bicyclic) bond motifs is 1. The highest BCUT2D eigenvalue weighted by Gasteiger charge is 2.71. The van der Waals surface area contributed by atoms with Gasteiger partial charge >= 0.3 is 0 Å². The summed E-state index contributed by atoms with van der Waals surface area (Å²) in [6, 6.07) is 6.07. The van der Waals surface area contributed by atoms with Gasteiger partial charge in [-0.25, -0.2) is 8.42 Å². The van der Waals surface area contributed by atoms with Gasteiger partial charge in [-0.15, -0.1) is 0 Å². The van der Waals surface area contributed by atoms with E-state index in [-0.39, 0.29) is 47.7 Å². The van der Waals surface area contributed by atoms with Crippen LogP contribution in [-0.2, 0) is 24.2 Å². The summed E-state index contributed by atoms with van der Waals surface area (Å²) < 4.78 is 35.8. The number of primary amides is 1. The van der Waals surface area contributed by atoms with Crippen LogP contribution in [0.1, 0.15) is 65.7 Å². The zero-order chi connectivity index (χ0) is 26.2. The molecule has 1 heterocycles. The van der Waals surface area contributed by atoms with Crippen LogP contribution in [0.2, 0.25) is 0 Å². The largest absolute Gasteiger partial charge is 0.494 e. The number of hydrogen-bond acceptors (Lipinski definition) is 6. The molecular formula is C27H40N2O6S. The van der Waals surface area contributed by atoms with Crippen LogP contribution < -0.4 is 15.8 Å². The number of amides is 2. The average molecular weight is 521 g/mol. The van der Waals surface area contributed by atoms with Crippen molar-refractivity contribution in [2.24, 2.45) is 28.4 Å². The molecule has 36 heavy (non-hydrogen) atoms. The van der Waals surface area contributed by atoms with Gasteiger partial charge in [0.2, 0.25) is 11.8 Å². The molecule has 8 nitrogen and oxygen atoms in total. The van der Waals surface area contributed by atoms with Gasteiger partial charge in [-0.2, -0.15) is 0 Å². The van der Waals surface area contributed by atoms with E-state index in [2.05, 4.69) is 26.1 Å². The molecule has 1 saturated heterocycles. The fourth-order valence-corrected chi connectivity index (χ4v) is 8.95. The quantitative estimate of drug-likeness (QED) is 0.432. The first-order valence-corrected chi connectivity index (χ1v) is 14.7. The molecule has 9 heteroatoms. The molecule has 4 unspecified atom stereocenters. The molecule has 4 atom stereocenters.